The van der Waals surface area contributed by atoms with Crippen LogP contribution in [0.2, 0.25) is 0 Å². The molecule has 4 aliphatic carbocycles. The summed E-state index contributed by atoms with van der Waals surface area (Å²) < 4.78 is 5.24. The van der Waals surface area contributed by atoms with Gasteiger partial charge < -0.3 is 9.84 Å². The van der Waals surface area contributed by atoms with Gasteiger partial charge >= 0.3 is 5.97 Å². The Balaban J connectivity index is 1.65. The summed E-state index contributed by atoms with van der Waals surface area (Å²) in [4.78, 5) is 12.1. The van der Waals surface area contributed by atoms with Crippen molar-refractivity contribution in [2.24, 2.45) is 23.2 Å². The molecule has 1 atom stereocenters. The number of hydrogen-bond donors (Lipinski definition) is 1. The molecule has 19 heavy (non-hydrogen) atoms. The molecule has 0 aromatic carbocycles. The van der Waals surface area contributed by atoms with E-state index in [0.29, 0.717) is 6.61 Å². The smallest absolute Gasteiger partial charge is 0.335 e. The molecule has 0 saturated heterocycles. The van der Waals surface area contributed by atoms with Crippen molar-refractivity contribution in [2.45, 2.75) is 64.4 Å². The van der Waals surface area contributed by atoms with Crippen LogP contribution in [0.3, 0.4) is 0 Å². The van der Waals surface area contributed by atoms with Gasteiger partial charge in [0.05, 0.1) is 6.61 Å². The largest absolute Gasteiger partial charge is 0.464 e. The van der Waals surface area contributed by atoms with E-state index < -0.39 is 6.10 Å². The van der Waals surface area contributed by atoms with Gasteiger partial charge in [0.15, 0.2) is 6.10 Å². The third kappa shape index (κ3) is 2.42. The molecule has 4 rings (SSSR count). The van der Waals surface area contributed by atoms with Crippen LogP contribution in [0.5, 0.6) is 0 Å². The van der Waals surface area contributed by atoms with Crippen molar-refractivity contribution in [2.75, 3.05) is 6.61 Å². The lowest BCUT2D eigenvalue weighted by atomic mass is 9.48. The molecule has 0 aliphatic heterocycles. The molecule has 108 valence electrons. The first-order valence-electron chi connectivity index (χ1n) is 7.97. The second-order valence-electron chi connectivity index (χ2n) is 7.20. The summed E-state index contributed by atoms with van der Waals surface area (Å²) in [6.45, 7) is 2.53. The highest BCUT2D eigenvalue weighted by atomic mass is 16.5. The molecule has 0 spiro atoms. The first-order chi connectivity index (χ1) is 9.13. The molecular formula is C16H26O3. The quantitative estimate of drug-likeness (QED) is 0.615. The van der Waals surface area contributed by atoms with Gasteiger partial charge in [-0.15, -0.1) is 0 Å². The van der Waals surface area contributed by atoms with E-state index in [1.807, 2.05) is 0 Å². The number of rotatable bonds is 5. The molecule has 1 unspecified atom stereocenters. The number of esters is 1. The van der Waals surface area contributed by atoms with Crippen LogP contribution in [0.4, 0.5) is 0 Å². The number of carbonyl (C=O) groups excluding carboxylic acids is 1. The molecule has 0 amide bonds. The monoisotopic (exact) mass is 266 g/mol. The number of aliphatic hydroxyl groups excluding tert-OH is 1. The summed E-state index contributed by atoms with van der Waals surface area (Å²) in [5.41, 5.74) is -0.141. The van der Waals surface area contributed by atoms with Crippen molar-refractivity contribution >= 4 is 5.97 Å². The van der Waals surface area contributed by atoms with Crippen molar-refractivity contribution < 1.29 is 14.6 Å². The molecule has 0 aromatic heterocycles. The fourth-order valence-electron chi connectivity index (χ4n) is 5.16. The molecule has 4 fully saturated rings. The van der Waals surface area contributed by atoms with E-state index in [2.05, 4.69) is 6.92 Å². The lowest BCUT2D eigenvalue weighted by Gasteiger charge is -2.57. The first-order valence-corrected chi connectivity index (χ1v) is 7.97. The number of ether oxygens (including phenoxy) is 1. The fourth-order valence-corrected chi connectivity index (χ4v) is 5.16. The van der Waals surface area contributed by atoms with Crippen molar-refractivity contribution in [1.82, 2.24) is 0 Å². The summed E-state index contributed by atoms with van der Waals surface area (Å²) in [5.74, 6) is 1.90. The van der Waals surface area contributed by atoms with Crippen LogP contribution in [-0.2, 0) is 9.53 Å². The minimum Gasteiger partial charge on any atom is -0.464 e. The molecule has 0 radical (unpaired) electrons. The van der Waals surface area contributed by atoms with E-state index in [9.17, 15) is 9.90 Å². The molecule has 4 aliphatic rings. The minimum atomic E-state index is -0.877. The van der Waals surface area contributed by atoms with E-state index in [-0.39, 0.29) is 11.4 Å². The number of unbranched alkanes of at least 4 members (excludes halogenated alkanes) is 1. The average Bonchev–Trinajstić information content (AvgIpc) is 2.36. The zero-order chi connectivity index (χ0) is 13.5. The van der Waals surface area contributed by atoms with Gasteiger partial charge in [0.25, 0.3) is 0 Å². The van der Waals surface area contributed by atoms with Gasteiger partial charge in [-0.2, -0.15) is 0 Å². The Morgan fingerprint density at radius 1 is 1.21 bits per heavy atom. The Bertz CT molecular complexity index is 315. The average molecular weight is 266 g/mol. The summed E-state index contributed by atoms with van der Waals surface area (Å²) >= 11 is 0. The van der Waals surface area contributed by atoms with Gasteiger partial charge in [-0.05, 0) is 62.7 Å². The van der Waals surface area contributed by atoms with E-state index in [1.165, 1.54) is 19.3 Å². The van der Waals surface area contributed by atoms with Gasteiger partial charge in [0.1, 0.15) is 0 Å². The molecule has 4 bridgehead atoms. The Hall–Kier alpha value is -0.570. The maximum absolute atomic E-state index is 12.1. The van der Waals surface area contributed by atoms with Crippen molar-refractivity contribution in [3.8, 4) is 0 Å². The topological polar surface area (TPSA) is 46.5 Å². The van der Waals surface area contributed by atoms with E-state index >= 15 is 0 Å². The first kappa shape index (κ1) is 13.4. The number of hydrogen-bond acceptors (Lipinski definition) is 3. The zero-order valence-electron chi connectivity index (χ0n) is 11.9. The maximum atomic E-state index is 12.1. The Labute approximate surface area is 115 Å². The van der Waals surface area contributed by atoms with Gasteiger partial charge in [-0.1, -0.05) is 13.3 Å². The summed E-state index contributed by atoms with van der Waals surface area (Å²) in [7, 11) is 0. The number of aliphatic hydroxyl groups is 1. The third-order valence-corrected chi connectivity index (χ3v) is 5.63. The zero-order valence-corrected chi connectivity index (χ0v) is 11.9. The van der Waals surface area contributed by atoms with Crippen LogP contribution in [-0.4, -0.2) is 23.8 Å². The molecule has 0 aromatic rings. The van der Waals surface area contributed by atoms with Crippen molar-refractivity contribution in [3.05, 3.63) is 0 Å². The lowest BCUT2D eigenvalue weighted by molar-refractivity contribution is -0.176. The van der Waals surface area contributed by atoms with Crippen molar-refractivity contribution in [3.63, 3.8) is 0 Å². The molecule has 4 saturated carbocycles. The third-order valence-electron chi connectivity index (χ3n) is 5.63. The lowest BCUT2D eigenvalue weighted by Crippen LogP contribution is -2.54. The Morgan fingerprint density at radius 2 is 1.74 bits per heavy atom. The van der Waals surface area contributed by atoms with Crippen LogP contribution >= 0.6 is 0 Å². The predicted molar refractivity (Wildman–Crippen MR) is 72.5 cm³/mol. The standard InChI is InChI=1S/C16H26O3/c1-2-3-4-19-15(18)14(17)16-8-11-5-12(9-16)7-13(6-11)10-16/h11-14,17H,2-10H2,1H3. The summed E-state index contributed by atoms with van der Waals surface area (Å²) in [6.07, 6.45) is 8.15. The van der Waals surface area contributed by atoms with Gasteiger partial charge in [-0.25, -0.2) is 4.79 Å². The SMILES string of the molecule is CCCCOC(=O)C(O)C12CC3CC(CC(C3)C1)C2. The van der Waals surface area contributed by atoms with E-state index in [1.54, 1.807) is 0 Å². The Morgan fingerprint density at radius 3 is 2.21 bits per heavy atom. The molecule has 3 heteroatoms. The highest BCUT2D eigenvalue weighted by molar-refractivity contribution is 5.75. The second kappa shape index (κ2) is 5.08. The fraction of sp³-hybridized carbons (Fsp3) is 0.938. The van der Waals surface area contributed by atoms with Gasteiger partial charge in [0.2, 0.25) is 0 Å². The molecular weight excluding hydrogens is 240 g/mol. The summed E-state index contributed by atoms with van der Waals surface area (Å²) in [6, 6.07) is 0. The second-order valence-corrected chi connectivity index (χ2v) is 7.20. The maximum Gasteiger partial charge on any atom is 0.335 e. The van der Waals surface area contributed by atoms with Crippen LogP contribution in [0, 0.1) is 23.2 Å². The van der Waals surface area contributed by atoms with Crippen molar-refractivity contribution in [1.29, 1.82) is 0 Å². The van der Waals surface area contributed by atoms with Crippen LogP contribution in [0.1, 0.15) is 58.3 Å². The molecule has 1 N–H and O–H groups in total. The van der Waals surface area contributed by atoms with Gasteiger partial charge in [-0.3, -0.25) is 0 Å². The van der Waals surface area contributed by atoms with Crippen LogP contribution < -0.4 is 0 Å². The number of carbonyl (C=O) groups is 1. The molecule has 3 nitrogen and oxygen atoms in total. The van der Waals surface area contributed by atoms with E-state index in [0.717, 1.165) is 49.9 Å². The Kier molecular flexibility index (Phi) is 3.59. The highest BCUT2D eigenvalue weighted by Crippen LogP contribution is 2.61. The highest BCUT2D eigenvalue weighted by Gasteiger charge is 2.56. The molecule has 0 heterocycles. The predicted octanol–water partition coefficient (Wildman–Crippen LogP) is 2.91. The van der Waals surface area contributed by atoms with E-state index in [4.69, 9.17) is 4.74 Å². The van der Waals surface area contributed by atoms with Crippen LogP contribution in [0.25, 0.3) is 0 Å². The summed E-state index contributed by atoms with van der Waals surface area (Å²) in [5, 5.41) is 10.5. The normalized spacial score (nSPS) is 41.3. The van der Waals surface area contributed by atoms with Gasteiger partial charge in [0, 0.05) is 5.41 Å². The van der Waals surface area contributed by atoms with Crippen LogP contribution in [0.15, 0.2) is 0 Å². The minimum absolute atomic E-state index is 0.141.